The molecule has 2 aromatic carbocycles. The van der Waals surface area contributed by atoms with Gasteiger partial charge in [-0.1, -0.05) is 38.1 Å². The minimum atomic E-state index is -0.776. The number of carboxylic acids is 1. The standard InChI is InChI=1S/C21H25NO2S.C11H11NO2S.C9H15NO.ClH/c1-12(20-22-16-4-2-3-5-18(16)25-20)6-17(23)19-14-7-13-8-15(19)11-21(24,9-13)10-14;1-7(6-10(13)14)11-12-8-4-2-3-5-9(8)15-11;11-9-3-6-1-7(4-9)10-8(2-6)5-9;/h2-5,12-15,19,24H,6-11H2,1H3;2-5,7H,6H2,1H3,(H,13,14);6-8,10-11H,1-5H2;1H. The number of rotatable bonds is 7. The Hall–Kier alpha value is -2.47. The molecule has 8 bridgehead atoms. The topological polar surface area (TPSA) is 133 Å². The van der Waals surface area contributed by atoms with Crippen LogP contribution in [0.4, 0.5) is 0 Å². The molecule has 4 heterocycles. The van der Waals surface area contributed by atoms with Crippen LogP contribution in [0.3, 0.4) is 0 Å². The second-order valence-electron chi connectivity index (χ2n) is 17.1. The number of aliphatic hydroxyl groups is 2. The van der Waals surface area contributed by atoms with Gasteiger partial charge in [-0.3, -0.25) is 9.59 Å². The third kappa shape index (κ3) is 7.98. The zero-order valence-electron chi connectivity index (χ0n) is 30.1. The van der Waals surface area contributed by atoms with Crippen molar-refractivity contribution in [3.8, 4) is 0 Å². The molecule has 2 aromatic heterocycles. The van der Waals surface area contributed by atoms with Gasteiger partial charge in [-0.2, -0.15) is 0 Å². The Balaban J connectivity index is 0.000000132. The lowest BCUT2D eigenvalue weighted by Gasteiger charge is -2.57. The quantitative estimate of drug-likeness (QED) is 0.147. The summed E-state index contributed by atoms with van der Waals surface area (Å²) in [7, 11) is 0. The second-order valence-corrected chi connectivity index (χ2v) is 19.2. The van der Waals surface area contributed by atoms with Crippen molar-refractivity contribution >= 4 is 67.3 Å². The van der Waals surface area contributed by atoms with Gasteiger partial charge in [-0.05, 0) is 112 Å². The maximum Gasteiger partial charge on any atom is 0.304 e. The van der Waals surface area contributed by atoms with Crippen LogP contribution in [0.25, 0.3) is 20.4 Å². The Kier molecular flexibility index (Phi) is 10.9. The van der Waals surface area contributed by atoms with Gasteiger partial charge in [-0.15, -0.1) is 35.1 Å². The van der Waals surface area contributed by atoms with E-state index in [0.717, 1.165) is 83.0 Å². The van der Waals surface area contributed by atoms with E-state index >= 15 is 0 Å². The number of benzene rings is 2. The number of hydrogen-bond acceptors (Lipinski definition) is 9. The molecule has 0 spiro atoms. The van der Waals surface area contributed by atoms with Crippen molar-refractivity contribution in [2.45, 2.75) is 126 Å². The third-order valence-electron chi connectivity index (χ3n) is 12.7. The normalized spacial score (nSPS) is 34.5. The summed E-state index contributed by atoms with van der Waals surface area (Å²) in [5.41, 5.74) is 1.28. The molecule has 6 aliphatic carbocycles. The summed E-state index contributed by atoms with van der Waals surface area (Å²) < 4.78 is 2.32. The number of thiazole rings is 2. The van der Waals surface area contributed by atoms with E-state index in [1.807, 2.05) is 49.4 Å². The molecule has 4 aromatic rings. The van der Waals surface area contributed by atoms with Gasteiger partial charge < -0.3 is 20.6 Å². The van der Waals surface area contributed by atoms with Crippen molar-refractivity contribution in [1.29, 1.82) is 0 Å². The zero-order chi connectivity index (χ0) is 35.5. The minimum Gasteiger partial charge on any atom is -0.481 e. The first-order valence-corrected chi connectivity index (χ1v) is 20.7. The number of para-hydroxylation sites is 2. The molecule has 6 saturated carbocycles. The van der Waals surface area contributed by atoms with Crippen molar-refractivity contribution in [3.63, 3.8) is 0 Å². The number of aromatic nitrogens is 2. The molecule has 0 radical (unpaired) electrons. The number of fused-ring (bicyclic) bond motifs is 2. The molecule has 8 aliphatic rings. The van der Waals surface area contributed by atoms with Crippen molar-refractivity contribution < 1.29 is 24.9 Å². The first-order valence-electron chi connectivity index (χ1n) is 19.1. The van der Waals surface area contributed by atoms with E-state index in [1.165, 1.54) is 17.5 Å². The summed E-state index contributed by atoms with van der Waals surface area (Å²) in [6.07, 6.45) is 11.5. The number of carbonyl (C=O) groups is 2. The van der Waals surface area contributed by atoms with E-state index in [2.05, 4.69) is 23.3 Å². The fraction of sp³-hybridized carbons (Fsp3) is 0.610. The molecule has 12 rings (SSSR count). The minimum absolute atomic E-state index is 0. The Morgan fingerprint density at radius 3 is 1.63 bits per heavy atom. The van der Waals surface area contributed by atoms with Gasteiger partial charge in [0.15, 0.2) is 0 Å². The average Bonchev–Trinajstić information content (AvgIpc) is 3.68. The Labute approximate surface area is 320 Å². The van der Waals surface area contributed by atoms with Gasteiger partial charge in [0.1, 0.15) is 5.78 Å². The first kappa shape index (κ1) is 37.8. The summed E-state index contributed by atoms with van der Waals surface area (Å²) in [5, 5.41) is 35.0. The second kappa shape index (κ2) is 15.0. The Morgan fingerprint density at radius 2 is 1.19 bits per heavy atom. The zero-order valence-corrected chi connectivity index (χ0v) is 32.5. The van der Waals surface area contributed by atoms with Crippen LogP contribution in [0.2, 0.25) is 0 Å². The SMILES string of the molecule is CC(CC(=O)C1C2CC3CC1CC(O)(C3)C2)c1nc2ccccc2s1.CC(CC(=O)O)c1nc2ccccc2s1.Cl.OC12CC3CC(C1)NC(C3)C2. The number of piperidine rings is 2. The van der Waals surface area contributed by atoms with Crippen molar-refractivity contribution in [2.75, 3.05) is 0 Å². The van der Waals surface area contributed by atoms with Crippen LogP contribution in [0.5, 0.6) is 0 Å². The largest absolute Gasteiger partial charge is 0.481 e. The van der Waals surface area contributed by atoms with E-state index in [4.69, 9.17) is 10.1 Å². The highest BCUT2D eigenvalue weighted by molar-refractivity contribution is 7.19. The molecule has 6 atom stereocenters. The summed E-state index contributed by atoms with van der Waals surface area (Å²) in [5.74, 6) is 2.34. The molecule has 280 valence electrons. The lowest BCUT2D eigenvalue weighted by molar-refractivity contribution is -0.164. The van der Waals surface area contributed by atoms with Crippen LogP contribution >= 0.6 is 35.1 Å². The highest BCUT2D eigenvalue weighted by Gasteiger charge is 2.56. The molecular formula is C41H52ClN3O5S2. The molecule has 6 unspecified atom stereocenters. The molecule has 0 amide bonds. The van der Waals surface area contributed by atoms with Gasteiger partial charge >= 0.3 is 5.97 Å². The van der Waals surface area contributed by atoms with Gasteiger partial charge in [-0.25, -0.2) is 9.97 Å². The first-order chi connectivity index (χ1) is 24.4. The highest BCUT2D eigenvalue weighted by atomic mass is 35.5. The predicted molar refractivity (Wildman–Crippen MR) is 209 cm³/mol. The van der Waals surface area contributed by atoms with Crippen LogP contribution in [-0.2, 0) is 9.59 Å². The lowest BCUT2D eigenvalue weighted by Crippen LogP contribution is -2.62. The summed E-state index contributed by atoms with van der Waals surface area (Å²) in [6.45, 7) is 4.03. The van der Waals surface area contributed by atoms with Crippen LogP contribution in [0, 0.1) is 29.6 Å². The Bertz CT molecular complexity index is 1790. The monoisotopic (exact) mass is 765 g/mol. The van der Waals surface area contributed by atoms with E-state index < -0.39 is 11.6 Å². The van der Waals surface area contributed by atoms with Crippen molar-refractivity contribution in [1.82, 2.24) is 15.3 Å². The average molecular weight is 766 g/mol. The summed E-state index contributed by atoms with van der Waals surface area (Å²) in [4.78, 5) is 32.9. The molecule has 2 saturated heterocycles. The van der Waals surface area contributed by atoms with Gasteiger partial charge in [0.2, 0.25) is 0 Å². The van der Waals surface area contributed by atoms with Crippen LogP contribution in [-0.4, -0.2) is 60.3 Å². The maximum absolute atomic E-state index is 13.1. The molecule has 8 fully saturated rings. The van der Waals surface area contributed by atoms with E-state index in [0.29, 0.717) is 42.0 Å². The van der Waals surface area contributed by atoms with Crippen LogP contribution in [0.15, 0.2) is 48.5 Å². The molecular weight excluding hydrogens is 714 g/mol. The third-order valence-corrected chi connectivity index (χ3v) is 15.2. The highest BCUT2D eigenvalue weighted by Crippen LogP contribution is 2.59. The van der Waals surface area contributed by atoms with Gasteiger partial charge in [0.05, 0.1) is 48.1 Å². The number of nitrogens with zero attached hydrogens (tertiary/aromatic N) is 2. The molecule has 2 aliphatic heterocycles. The van der Waals surface area contributed by atoms with Gasteiger partial charge in [0, 0.05) is 36.3 Å². The number of ketones is 1. The van der Waals surface area contributed by atoms with E-state index in [9.17, 15) is 19.8 Å². The summed E-state index contributed by atoms with van der Waals surface area (Å²) >= 11 is 3.29. The lowest BCUT2D eigenvalue weighted by atomic mass is 9.49. The van der Waals surface area contributed by atoms with Gasteiger partial charge in [0.25, 0.3) is 0 Å². The molecule has 4 N–H and O–H groups in total. The molecule has 8 nitrogen and oxygen atoms in total. The number of hydrogen-bond donors (Lipinski definition) is 4. The van der Waals surface area contributed by atoms with Crippen LogP contribution < -0.4 is 5.32 Å². The van der Waals surface area contributed by atoms with Crippen LogP contribution in [0.1, 0.15) is 113 Å². The molecule has 52 heavy (non-hydrogen) atoms. The van der Waals surface area contributed by atoms with Crippen molar-refractivity contribution in [3.05, 3.63) is 58.5 Å². The number of nitrogens with one attached hydrogen (secondary N) is 1. The fourth-order valence-corrected chi connectivity index (χ4v) is 13.1. The summed E-state index contributed by atoms with van der Waals surface area (Å²) in [6, 6.07) is 17.3. The van der Waals surface area contributed by atoms with E-state index in [1.54, 1.807) is 22.7 Å². The Morgan fingerprint density at radius 1 is 0.731 bits per heavy atom. The predicted octanol–water partition coefficient (Wildman–Crippen LogP) is 8.49. The fourth-order valence-electron chi connectivity index (χ4n) is 11.1. The number of halogens is 1. The number of carbonyl (C=O) groups excluding carboxylic acids is 1. The number of aliphatic carboxylic acids is 1. The number of Topliss-reactive ketones (excluding diaryl/α,β-unsaturated/α-hetero) is 1. The molecule has 11 heteroatoms. The maximum atomic E-state index is 13.1. The smallest absolute Gasteiger partial charge is 0.304 e. The number of carboxylic acid groups (broad SMARTS) is 1. The van der Waals surface area contributed by atoms with E-state index in [-0.39, 0.29) is 42.2 Å². The van der Waals surface area contributed by atoms with Crippen molar-refractivity contribution in [2.24, 2.45) is 29.6 Å².